The number of halogens is 2. The molecule has 7 heteroatoms. The molecule has 3 aromatic carbocycles. The zero-order valence-corrected chi connectivity index (χ0v) is 21.4. The van der Waals surface area contributed by atoms with Crippen molar-refractivity contribution in [2.75, 3.05) is 13.2 Å². The van der Waals surface area contributed by atoms with Gasteiger partial charge >= 0.3 is 6.09 Å². The minimum atomic E-state index is -0.420. The van der Waals surface area contributed by atoms with Gasteiger partial charge in [-0.2, -0.15) is 0 Å². The second kappa shape index (κ2) is 10.7. The lowest BCUT2D eigenvalue weighted by Crippen LogP contribution is -2.42. The third-order valence-electron chi connectivity index (χ3n) is 6.33. The summed E-state index contributed by atoms with van der Waals surface area (Å²) < 4.78 is 11.6. The van der Waals surface area contributed by atoms with Gasteiger partial charge in [0, 0.05) is 33.2 Å². The largest absolute Gasteiger partial charge is 0.493 e. The number of carbonyl (C=O) groups excluding carboxylic acids is 1. The number of aromatic amines is 1. The molecule has 1 aliphatic rings. The number of amides is 1. The van der Waals surface area contributed by atoms with Crippen LogP contribution in [0.15, 0.2) is 78.9 Å². The molecule has 0 saturated heterocycles. The maximum Gasteiger partial charge on any atom is 0.416 e. The highest BCUT2D eigenvalue weighted by molar-refractivity contribution is 6.31. The number of fused-ring (bicyclic) bond motifs is 3. The van der Waals surface area contributed by atoms with Gasteiger partial charge in [0.05, 0.1) is 6.61 Å². The van der Waals surface area contributed by atoms with Crippen molar-refractivity contribution in [3.05, 3.63) is 106 Å². The molecule has 36 heavy (non-hydrogen) atoms. The molecule has 0 fully saturated rings. The van der Waals surface area contributed by atoms with Crippen LogP contribution in [-0.4, -0.2) is 29.1 Å². The van der Waals surface area contributed by atoms with E-state index in [0.29, 0.717) is 35.4 Å². The number of nitrogens with one attached hydrogen (secondary N) is 1. The molecule has 0 bridgehead atoms. The molecule has 0 spiro atoms. The third-order valence-corrected chi connectivity index (χ3v) is 6.81. The lowest BCUT2D eigenvalue weighted by molar-refractivity contribution is 0.135. The third kappa shape index (κ3) is 5.08. The quantitative estimate of drug-likeness (QED) is 0.207. The lowest BCUT2D eigenvalue weighted by atomic mass is 9.92. The Kier molecular flexibility index (Phi) is 7.21. The molecule has 1 amide bonds. The predicted molar refractivity (Wildman–Crippen MR) is 144 cm³/mol. The summed E-state index contributed by atoms with van der Waals surface area (Å²) in [6, 6.07) is 20.2. The fourth-order valence-electron chi connectivity index (χ4n) is 4.62. The predicted octanol–water partition coefficient (Wildman–Crippen LogP) is 7.97. The number of hydrogen-bond acceptors (Lipinski definition) is 3. The molecule has 2 heterocycles. The van der Waals surface area contributed by atoms with Gasteiger partial charge in [0.25, 0.3) is 0 Å². The van der Waals surface area contributed by atoms with Crippen molar-refractivity contribution in [3.63, 3.8) is 0 Å². The number of ether oxygens (including phenoxy) is 2. The van der Waals surface area contributed by atoms with E-state index in [1.54, 1.807) is 29.2 Å². The summed E-state index contributed by atoms with van der Waals surface area (Å²) in [4.78, 5) is 18.7. The van der Waals surface area contributed by atoms with Crippen LogP contribution in [0.3, 0.4) is 0 Å². The van der Waals surface area contributed by atoms with Crippen molar-refractivity contribution < 1.29 is 14.3 Å². The molecule has 184 valence electrons. The molecule has 1 aliphatic heterocycles. The molecule has 1 N–H and O–H groups in total. The van der Waals surface area contributed by atoms with Crippen LogP contribution < -0.4 is 9.47 Å². The molecule has 1 atom stereocenters. The fraction of sp³-hybridized carbons (Fsp3) is 0.207. The van der Waals surface area contributed by atoms with Crippen LogP contribution in [-0.2, 0) is 6.42 Å². The Bertz CT molecular complexity index is 1390. The Labute approximate surface area is 220 Å². The number of benzene rings is 3. The van der Waals surface area contributed by atoms with Gasteiger partial charge in [-0.15, -0.1) is 0 Å². The van der Waals surface area contributed by atoms with E-state index in [1.165, 1.54) is 5.56 Å². The summed E-state index contributed by atoms with van der Waals surface area (Å²) in [6.07, 6.45) is 5.21. The fourth-order valence-corrected chi connectivity index (χ4v) is 4.92. The van der Waals surface area contributed by atoms with Gasteiger partial charge in [-0.05, 0) is 85.5 Å². The maximum atomic E-state index is 13.4. The molecule has 1 aromatic heterocycles. The summed E-state index contributed by atoms with van der Waals surface area (Å²) in [7, 11) is 0. The van der Waals surface area contributed by atoms with E-state index in [1.807, 2.05) is 55.5 Å². The number of H-pyrrole nitrogens is 1. The Balaban J connectivity index is 1.48. The Morgan fingerprint density at radius 2 is 1.75 bits per heavy atom. The van der Waals surface area contributed by atoms with Crippen molar-refractivity contribution in [1.29, 1.82) is 0 Å². The van der Waals surface area contributed by atoms with Gasteiger partial charge in [0.1, 0.15) is 17.5 Å². The molecule has 0 saturated carbocycles. The van der Waals surface area contributed by atoms with Crippen LogP contribution in [0.1, 0.15) is 36.2 Å². The van der Waals surface area contributed by atoms with Crippen molar-refractivity contribution in [1.82, 2.24) is 9.88 Å². The second-order valence-corrected chi connectivity index (χ2v) is 9.52. The lowest BCUT2D eigenvalue weighted by Gasteiger charge is -2.35. The minimum absolute atomic E-state index is 0.350. The zero-order chi connectivity index (χ0) is 25.1. The second-order valence-electron chi connectivity index (χ2n) is 8.65. The Hall–Kier alpha value is -3.41. The highest BCUT2D eigenvalue weighted by atomic mass is 35.5. The molecule has 4 aromatic rings. The highest BCUT2D eigenvalue weighted by Crippen LogP contribution is 2.40. The summed E-state index contributed by atoms with van der Waals surface area (Å²) in [6.45, 7) is 3.11. The SMILES string of the molecule is C/C=C\CCOc1ccc([C@H]2c3[nH]c4ccc(Cl)cc4c3CCN2C(=O)Oc2ccc(Cl)cc2)cc1. The molecule has 5 nitrogen and oxygen atoms in total. The average Bonchev–Trinajstić information content (AvgIpc) is 3.25. The van der Waals surface area contributed by atoms with E-state index in [4.69, 9.17) is 32.7 Å². The first-order valence-electron chi connectivity index (χ1n) is 11.9. The first-order valence-corrected chi connectivity index (χ1v) is 12.7. The van der Waals surface area contributed by atoms with Crippen LogP contribution in [0.4, 0.5) is 4.79 Å². The summed E-state index contributed by atoms with van der Waals surface area (Å²) >= 11 is 12.3. The van der Waals surface area contributed by atoms with Crippen LogP contribution in [0.2, 0.25) is 10.0 Å². The van der Waals surface area contributed by atoms with E-state index in [0.717, 1.165) is 34.3 Å². The number of hydrogen-bond donors (Lipinski definition) is 1. The van der Waals surface area contributed by atoms with Gasteiger partial charge < -0.3 is 14.5 Å². The van der Waals surface area contributed by atoms with E-state index in [9.17, 15) is 4.79 Å². The van der Waals surface area contributed by atoms with Crippen molar-refractivity contribution in [2.45, 2.75) is 25.8 Å². The molecule has 5 rings (SSSR count). The number of allylic oxidation sites excluding steroid dienone is 1. The summed E-state index contributed by atoms with van der Waals surface area (Å²) in [5.74, 6) is 1.24. The van der Waals surface area contributed by atoms with E-state index >= 15 is 0 Å². The number of nitrogens with zero attached hydrogens (tertiary/aromatic N) is 1. The van der Waals surface area contributed by atoms with Gasteiger partial charge in [0.15, 0.2) is 0 Å². The van der Waals surface area contributed by atoms with E-state index < -0.39 is 6.09 Å². The minimum Gasteiger partial charge on any atom is -0.493 e. The standard InChI is InChI=1S/C29H26Cl2N2O3/c1-2-3-4-17-35-22-10-5-19(6-11-22)28-27-24(25-18-21(31)9-14-26(25)32-27)15-16-33(28)29(34)36-23-12-7-20(30)8-13-23/h2-3,5-14,18,28,32H,4,15-17H2,1H3/b3-2-/t28-/m0/s1. The van der Waals surface area contributed by atoms with Crippen LogP contribution in [0, 0.1) is 0 Å². The summed E-state index contributed by atoms with van der Waals surface area (Å²) in [5, 5.41) is 2.35. The maximum absolute atomic E-state index is 13.4. The Morgan fingerprint density at radius 1 is 1.03 bits per heavy atom. The van der Waals surface area contributed by atoms with Crippen LogP contribution >= 0.6 is 23.2 Å². The first kappa shape index (κ1) is 24.3. The van der Waals surface area contributed by atoms with Gasteiger partial charge in [-0.1, -0.05) is 47.5 Å². The topological polar surface area (TPSA) is 54.6 Å². The van der Waals surface area contributed by atoms with Gasteiger partial charge in [0.2, 0.25) is 0 Å². The summed E-state index contributed by atoms with van der Waals surface area (Å²) in [5.41, 5.74) is 4.08. The van der Waals surface area contributed by atoms with E-state index in [2.05, 4.69) is 11.1 Å². The van der Waals surface area contributed by atoms with Gasteiger partial charge in [-0.3, -0.25) is 4.90 Å². The van der Waals surface area contributed by atoms with Crippen molar-refractivity contribution >= 4 is 40.2 Å². The van der Waals surface area contributed by atoms with Crippen molar-refractivity contribution in [2.24, 2.45) is 0 Å². The smallest absolute Gasteiger partial charge is 0.416 e. The normalized spacial score (nSPS) is 15.3. The number of rotatable bonds is 6. The molecule has 0 unspecified atom stereocenters. The first-order chi connectivity index (χ1) is 17.5. The number of aromatic nitrogens is 1. The average molecular weight is 521 g/mol. The van der Waals surface area contributed by atoms with Crippen molar-refractivity contribution in [3.8, 4) is 11.5 Å². The number of carbonyl (C=O) groups is 1. The zero-order valence-electron chi connectivity index (χ0n) is 19.8. The Morgan fingerprint density at radius 3 is 2.50 bits per heavy atom. The molecular formula is C29H26Cl2N2O3. The highest BCUT2D eigenvalue weighted by Gasteiger charge is 2.35. The molecular weight excluding hydrogens is 495 g/mol. The van der Waals surface area contributed by atoms with Crippen LogP contribution in [0.5, 0.6) is 11.5 Å². The monoisotopic (exact) mass is 520 g/mol. The van der Waals surface area contributed by atoms with Crippen LogP contribution in [0.25, 0.3) is 10.9 Å². The van der Waals surface area contributed by atoms with Gasteiger partial charge in [-0.25, -0.2) is 4.79 Å². The molecule has 0 radical (unpaired) electrons. The van der Waals surface area contributed by atoms with E-state index in [-0.39, 0.29) is 6.04 Å². The molecule has 0 aliphatic carbocycles.